The van der Waals surface area contributed by atoms with Crippen molar-refractivity contribution in [3.05, 3.63) is 24.3 Å². The van der Waals surface area contributed by atoms with Crippen molar-refractivity contribution in [1.29, 1.82) is 0 Å². The molecule has 10 atom stereocenters. The summed E-state index contributed by atoms with van der Waals surface area (Å²) < 4.78 is 27.1. The molecular weight excluding hydrogens is 404 g/mol. The van der Waals surface area contributed by atoms with Crippen molar-refractivity contribution < 1.29 is 54.3 Å². The number of benzene rings is 1. The fourth-order valence-electron chi connectivity index (χ4n) is 3.41. The van der Waals surface area contributed by atoms with E-state index < -0.39 is 68.0 Å². The second-order valence-electron chi connectivity index (χ2n) is 7.28. The van der Waals surface area contributed by atoms with Crippen LogP contribution >= 0.6 is 0 Å². The van der Waals surface area contributed by atoms with Crippen LogP contribution in [0.25, 0.3) is 0 Å². The number of methoxy groups -OCH3 is 1. The van der Waals surface area contributed by atoms with Crippen LogP contribution in [0.3, 0.4) is 0 Å². The summed E-state index contributed by atoms with van der Waals surface area (Å²) in [5, 5.41) is 60.1. The number of aliphatic hydroxyl groups excluding tert-OH is 6. The maximum Gasteiger partial charge on any atom is 0.229 e. The van der Waals surface area contributed by atoms with Crippen molar-refractivity contribution >= 4 is 0 Å². The van der Waals surface area contributed by atoms with Gasteiger partial charge < -0.3 is 54.3 Å². The molecule has 0 amide bonds. The normalized spacial score (nSPS) is 42.0. The van der Waals surface area contributed by atoms with Crippen molar-refractivity contribution in [3.8, 4) is 11.5 Å². The standard InChI is InChI=1S/C19H28O11/c1-8-17(30-19-15(24)13(22)12(21)11(7-20)29-19)14(23)16(25)18(27-8)28-10-5-3-9(26-2)4-6-10/h3-6,8,11-25H,7H2,1-2H3/t8-,11+,12+,13-,14-,15+,16+,17-,18-,19+/m0/s1. The molecule has 0 bridgehead atoms. The van der Waals surface area contributed by atoms with Gasteiger partial charge in [-0.1, -0.05) is 0 Å². The fourth-order valence-corrected chi connectivity index (χ4v) is 3.41. The van der Waals surface area contributed by atoms with E-state index in [0.717, 1.165) is 0 Å². The van der Waals surface area contributed by atoms with Crippen LogP contribution in [-0.4, -0.2) is 106 Å². The van der Waals surface area contributed by atoms with Crippen molar-refractivity contribution in [3.63, 3.8) is 0 Å². The molecule has 6 N–H and O–H groups in total. The quantitative estimate of drug-likeness (QED) is 0.287. The van der Waals surface area contributed by atoms with Crippen LogP contribution < -0.4 is 9.47 Å². The molecule has 170 valence electrons. The molecule has 11 heteroatoms. The first-order chi connectivity index (χ1) is 14.3. The minimum absolute atomic E-state index is 0.382. The molecule has 0 aromatic heterocycles. The molecule has 11 nitrogen and oxygen atoms in total. The van der Waals surface area contributed by atoms with E-state index in [2.05, 4.69) is 0 Å². The number of ether oxygens (including phenoxy) is 5. The van der Waals surface area contributed by atoms with Crippen LogP contribution in [0, 0.1) is 0 Å². The highest BCUT2D eigenvalue weighted by atomic mass is 16.7. The van der Waals surface area contributed by atoms with Gasteiger partial charge in [-0.2, -0.15) is 0 Å². The average Bonchev–Trinajstić information content (AvgIpc) is 2.75. The Morgan fingerprint density at radius 3 is 2.00 bits per heavy atom. The predicted molar refractivity (Wildman–Crippen MR) is 98.6 cm³/mol. The van der Waals surface area contributed by atoms with Crippen LogP contribution in [0.5, 0.6) is 11.5 Å². The molecule has 0 saturated carbocycles. The average molecular weight is 432 g/mol. The van der Waals surface area contributed by atoms with E-state index in [1.807, 2.05) is 0 Å². The Morgan fingerprint density at radius 2 is 1.40 bits per heavy atom. The van der Waals surface area contributed by atoms with Crippen LogP contribution in [0.15, 0.2) is 24.3 Å². The molecule has 2 heterocycles. The third kappa shape index (κ3) is 4.69. The van der Waals surface area contributed by atoms with E-state index >= 15 is 0 Å². The van der Waals surface area contributed by atoms with Gasteiger partial charge in [0.05, 0.1) is 19.8 Å². The molecule has 0 aliphatic carbocycles. The molecule has 1 aromatic rings. The third-order valence-corrected chi connectivity index (χ3v) is 5.23. The first kappa shape index (κ1) is 23.1. The summed E-state index contributed by atoms with van der Waals surface area (Å²) in [6.45, 7) is 0.943. The van der Waals surface area contributed by atoms with E-state index in [9.17, 15) is 30.6 Å². The third-order valence-electron chi connectivity index (χ3n) is 5.23. The summed E-state index contributed by atoms with van der Waals surface area (Å²) >= 11 is 0. The van der Waals surface area contributed by atoms with E-state index in [1.165, 1.54) is 7.11 Å². The second-order valence-corrected chi connectivity index (χ2v) is 7.28. The van der Waals surface area contributed by atoms with Crippen molar-refractivity contribution in [2.45, 2.75) is 68.3 Å². The maximum absolute atomic E-state index is 10.5. The number of rotatable bonds is 6. The first-order valence-corrected chi connectivity index (χ1v) is 9.55. The zero-order valence-corrected chi connectivity index (χ0v) is 16.5. The molecule has 1 aromatic carbocycles. The van der Waals surface area contributed by atoms with E-state index in [1.54, 1.807) is 31.2 Å². The van der Waals surface area contributed by atoms with Gasteiger partial charge in [0.1, 0.15) is 54.2 Å². The largest absolute Gasteiger partial charge is 0.497 e. The van der Waals surface area contributed by atoms with Gasteiger partial charge in [-0.05, 0) is 31.2 Å². The van der Waals surface area contributed by atoms with Crippen LogP contribution in [-0.2, 0) is 14.2 Å². The monoisotopic (exact) mass is 432 g/mol. The summed E-state index contributed by atoms with van der Waals surface area (Å²) in [5.74, 6) is 1.00. The van der Waals surface area contributed by atoms with E-state index in [0.29, 0.717) is 11.5 Å². The molecule has 2 saturated heterocycles. The SMILES string of the molecule is COc1ccc(O[C@@H]2O[C@@H](C)[C@H](O[C@H]3O[C@H](CO)[C@@H](O)[C@H](O)[C@H]3O)[C@@H](O)[C@H]2O)cc1. The Labute approximate surface area is 172 Å². The molecule has 3 rings (SSSR count). The lowest BCUT2D eigenvalue weighted by Crippen LogP contribution is -2.64. The smallest absolute Gasteiger partial charge is 0.229 e. The minimum Gasteiger partial charge on any atom is -0.497 e. The lowest BCUT2D eigenvalue weighted by atomic mass is 9.97. The van der Waals surface area contributed by atoms with Gasteiger partial charge >= 0.3 is 0 Å². The van der Waals surface area contributed by atoms with Crippen molar-refractivity contribution in [2.24, 2.45) is 0 Å². The zero-order valence-electron chi connectivity index (χ0n) is 16.5. The second kappa shape index (κ2) is 9.73. The Bertz CT molecular complexity index is 669. The highest BCUT2D eigenvalue weighted by Gasteiger charge is 2.50. The van der Waals surface area contributed by atoms with Gasteiger partial charge in [-0.15, -0.1) is 0 Å². The zero-order chi connectivity index (χ0) is 22.0. The van der Waals surface area contributed by atoms with Gasteiger partial charge in [0.25, 0.3) is 0 Å². The summed E-state index contributed by atoms with van der Waals surface area (Å²) in [6, 6.07) is 6.55. The molecule has 0 spiro atoms. The lowest BCUT2D eigenvalue weighted by molar-refractivity contribution is -0.348. The van der Waals surface area contributed by atoms with Gasteiger partial charge in [0.15, 0.2) is 6.29 Å². The molecule has 2 aliphatic heterocycles. The highest BCUT2D eigenvalue weighted by Crippen LogP contribution is 2.30. The molecule has 2 fully saturated rings. The molecule has 0 radical (unpaired) electrons. The number of aliphatic hydroxyl groups is 6. The Kier molecular flexibility index (Phi) is 7.50. The van der Waals surface area contributed by atoms with E-state index in [-0.39, 0.29) is 0 Å². The molecule has 2 aliphatic rings. The van der Waals surface area contributed by atoms with E-state index in [4.69, 9.17) is 23.7 Å². The summed E-state index contributed by atoms with van der Waals surface area (Å²) in [7, 11) is 1.53. The van der Waals surface area contributed by atoms with Gasteiger partial charge in [-0.25, -0.2) is 0 Å². The number of hydrogen-bond donors (Lipinski definition) is 6. The Hall–Kier alpha value is -1.54. The van der Waals surface area contributed by atoms with Crippen molar-refractivity contribution in [1.82, 2.24) is 0 Å². The van der Waals surface area contributed by atoms with Crippen LogP contribution in [0.2, 0.25) is 0 Å². The summed E-state index contributed by atoms with van der Waals surface area (Å²) in [4.78, 5) is 0. The molecular formula is C19H28O11. The van der Waals surface area contributed by atoms with Gasteiger partial charge in [-0.3, -0.25) is 0 Å². The minimum atomic E-state index is -1.65. The summed E-state index contributed by atoms with van der Waals surface area (Å²) in [6.07, 6.45) is -13.6. The van der Waals surface area contributed by atoms with Crippen molar-refractivity contribution in [2.75, 3.05) is 13.7 Å². The Balaban J connectivity index is 1.65. The predicted octanol–water partition coefficient (Wildman–Crippen LogP) is -2.27. The lowest BCUT2D eigenvalue weighted by Gasteiger charge is -2.45. The highest BCUT2D eigenvalue weighted by molar-refractivity contribution is 5.31. The van der Waals surface area contributed by atoms with Gasteiger partial charge in [0, 0.05) is 0 Å². The topological polar surface area (TPSA) is 168 Å². The molecule has 0 unspecified atom stereocenters. The number of hydrogen-bond acceptors (Lipinski definition) is 11. The summed E-state index contributed by atoms with van der Waals surface area (Å²) in [5.41, 5.74) is 0. The first-order valence-electron chi connectivity index (χ1n) is 9.55. The van der Waals surface area contributed by atoms with Crippen LogP contribution in [0.4, 0.5) is 0 Å². The van der Waals surface area contributed by atoms with Crippen LogP contribution in [0.1, 0.15) is 6.92 Å². The van der Waals surface area contributed by atoms with Gasteiger partial charge in [0.2, 0.25) is 6.29 Å². The maximum atomic E-state index is 10.5. The fraction of sp³-hybridized carbons (Fsp3) is 0.684. The Morgan fingerprint density at radius 1 is 0.800 bits per heavy atom. The molecule has 30 heavy (non-hydrogen) atoms.